The van der Waals surface area contributed by atoms with E-state index in [1.165, 1.54) is 0 Å². The number of hydrogen-bond acceptors (Lipinski definition) is 7. The zero-order valence-electron chi connectivity index (χ0n) is 26.4. The van der Waals surface area contributed by atoms with E-state index in [9.17, 15) is 9.59 Å². The quantitative estimate of drug-likeness (QED) is 0.272. The molecule has 3 heterocycles. The minimum Gasteiger partial charge on any atom is -0.489 e. The SMILES string of the molecule is CC(C)N1C(C)(C)CC(Oc2ccc(C(=O)Cc3ccc(NC(=O)Nc4cc(C(C)(C)C)on4)cc3)nc2)CC1(C)C. The highest BCUT2D eigenvalue weighted by Gasteiger charge is 2.47. The summed E-state index contributed by atoms with van der Waals surface area (Å²) < 4.78 is 11.7. The summed E-state index contributed by atoms with van der Waals surface area (Å²) in [5.74, 6) is 1.61. The molecule has 0 aliphatic carbocycles. The highest BCUT2D eigenvalue weighted by atomic mass is 16.5. The molecular weight excluding hydrogens is 530 g/mol. The van der Waals surface area contributed by atoms with Crippen molar-refractivity contribution in [3.8, 4) is 5.75 Å². The van der Waals surface area contributed by atoms with Crippen molar-refractivity contribution in [1.29, 1.82) is 0 Å². The molecule has 0 unspecified atom stereocenters. The number of Topliss-reactive ketones (excluding diaryl/α,β-unsaturated/α-hetero) is 1. The number of urea groups is 1. The van der Waals surface area contributed by atoms with Gasteiger partial charge in [0.15, 0.2) is 11.6 Å². The number of ether oxygens (including phenoxy) is 1. The average Bonchev–Trinajstić information content (AvgIpc) is 3.33. The van der Waals surface area contributed by atoms with Crippen molar-refractivity contribution in [2.45, 2.75) is 110 Å². The number of carbonyl (C=O) groups excluding carboxylic acids is 2. The van der Waals surface area contributed by atoms with Crippen molar-refractivity contribution in [3.05, 3.63) is 65.7 Å². The molecule has 0 atom stereocenters. The normalized spacial score (nSPS) is 17.2. The van der Waals surface area contributed by atoms with E-state index in [0.717, 1.165) is 18.4 Å². The first-order chi connectivity index (χ1) is 19.5. The molecule has 226 valence electrons. The lowest BCUT2D eigenvalue weighted by atomic mass is 9.77. The van der Waals surface area contributed by atoms with Crippen LogP contribution in [0.5, 0.6) is 5.75 Å². The molecule has 4 rings (SSSR count). The predicted molar refractivity (Wildman–Crippen MR) is 165 cm³/mol. The molecule has 42 heavy (non-hydrogen) atoms. The molecule has 0 bridgehead atoms. The summed E-state index contributed by atoms with van der Waals surface area (Å²) in [4.78, 5) is 32.3. The molecule has 0 saturated carbocycles. The van der Waals surface area contributed by atoms with Crippen LogP contribution >= 0.6 is 0 Å². The van der Waals surface area contributed by atoms with E-state index in [4.69, 9.17) is 9.26 Å². The zero-order valence-corrected chi connectivity index (χ0v) is 26.4. The van der Waals surface area contributed by atoms with Crippen molar-refractivity contribution in [1.82, 2.24) is 15.0 Å². The van der Waals surface area contributed by atoms with Crippen molar-refractivity contribution < 1.29 is 18.8 Å². The van der Waals surface area contributed by atoms with Crippen molar-refractivity contribution in [3.63, 3.8) is 0 Å². The monoisotopic (exact) mass is 575 g/mol. The number of rotatable bonds is 8. The summed E-state index contributed by atoms with van der Waals surface area (Å²) >= 11 is 0. The lowest BCUT2D eigenvalue weighted by molar-refractivity contribution is -0.0910. The Morgan fingerprint density at radius 2 is 1.67 bits per heavy atom. The average molecular weight is 576 g/mol. The maximum absolute atomic E-state index is 12.9. The van der Waals surface area contributed by atoms with Gasteiger partial charge in [-0.1, -0.05) is 38.1 Å². The van der Waals surface area contributed by atoms with Crippen LogP contribution in [-0.4, -0.2) is 50.1 Å². The van der Waals surface area contributed by atoms with Crippen molar-refractivity contribution in [2.75, 3.05) is 10.6 Å². The van der Waals surface area contributed by atoms with Gasteiger partial charge in [0.2, 0.25) is 0 Å². The number of anilines is 2. The fraction of sp³-hybridized carbons (Fsp3) is 0.515. The standard InChI is InChI=1S/C33H45N5O4/c1-21(2)38-32(6,7)18-25(19-33(38,8)9)41-24-14-15-26(34-20-24)27(39)16-22-10-12-23(13-11-22)35-30(40)36-29-17-28(42-37-29)31(3,4)5/h10-15,17,20-21,25H,16,18-19H2,1-9H3,(H2,35,36,37,40). The number of benzene rings is 1. The second kappa shape index (κ2) is 11.9. The molecule has 2 aromatic heterocycles. The number of aromatic nitrogens is 2. The molecule has 2 N–H and O–H groups in total. The largest absolute Gasteiger partial charge is 0.489 e. The van der Waals surface area contributed by atoms with Crippen LogP contribution in [0.3, 0.4) is 0 Å². The van der Waals surface area contributed by atoms with Crippen LogP contribution < -0.4 is 15.4 Å². The summed E-state index contributed by atoms with van der Waals surface area (Å²) in [5, 5.41) is 9.32. The second-order valence-corrected chi connectivity index (χ2v) is 13.8. The smallest absolute Gasteiger partial charge is 0.324 e. The Bertz CT molecular complexity index is 1370. The molecule has 1 fully saturated rings. The van der Waals surface area contributed by atoms with Crippen LogP contribution in [0.25, 0.3) is 0 Å². The van der Waals surface area contributed by atoms with Crippen LogP contribution in [0.2, 0.25) is 0 Å². The van der Waals surface area contributed by atoms with Crippen molar-refractivity contribution in [2.24, 2.45) is 0 Å². The van der Waals surface area contributed by atoms with Crippen molar-refractivity contribution >= 4 is 23.3 Å². The first-order valence-electron chi connectivity index (χ1n) is 14.6. The molecule has 9 heteroatoms. The van der Waals surface area contributed by atoms with Gasteiger partial charge in [-0.05, 0) is 71.4 Å². The molecular formula is C33H45N5O4. The van der Waals surface area contributed by atoms with E-state index in [-0.39, 0.29) is 34.8 Å². The summed E-state index contributed by atoms with van der Waals surface area (Å²) in [5.41, 5.74) is 1.61. The number of ketones is 1. The van der Waals surface area contributed by atoms with Crippen LogP contribution in [0.15, 0.2) is 53.2 Å². The number of amides is 2. The predicted octanol–water partition coefficient (Wildman–Crippen LogP) is 7.25. The van der Waals surface area contributed by atoms with Crippen LogP contribution in [0.4, 0.5) is 16.3 Å². The van der Waals surface area contributed by atoms with Gasteiger partial charge in [-0.15, -0.1) is 0 Å². The summed E-state index contributed by atoms with van der Waals surface area (Å²) in [7, 11) is 0. The third kappa shape index (κ3) is 7.56. The van der Waals surface area contributed by atoms with E-state index in [0.29, 0.717) is 34.8 Å². The van der Waals surface area contributed by atoms with Crippen LogP contribution in [0, 0.1) is 0 Å². The minimum atomic E-state index is -0.434. The van der Waals surface area contributed by atoms with Gasteiger partial charge in [-0.3, -0.25) is 15.0 Å². The molecule has 1 aromatic carbocycles. The first-order valence-corrected chi connectivity index (χ1v) is 14.6. The molecule has 0 spiro atoms. The summed E-state index contributed by atoms with van der Waals surface area (Å²) in [6.07, 6.45) is 3.75. The van der Waals surface area contributed by atoms with Gasteiger partial charge in [0.25, 0.3) is 0 Å². The Morgan fingerprint density at radius 1 is 1.02 bits per heavy atom. The fourth-order valence-electron chi connectivity index (χ4n) is 6.44. The first kappa shape index (κ1) is 31.2. The van der Waals surface area contributed by atoms with Gasteiger partial charge < -0.3 is 14.6 Å². The molecule has 1 saturated heterocycles. The molecule has 1 aliphatic rings. The van der Waals surface area contributed by atoms with Crippen LogP contribution in [0.1, 0.15) is 97.0 Å². The Labute approximate surface area is 249 Å². The fourth-order valence-corrected chi connectivity index (χ4v) is 6.44. The van der Waals surface area contributed by atoms with Gasteiger partial charge in [-0.25, -0.2) is 9.78 Å². The van der Waals surface area contributed by atoms with Crippen LogP contribution in [-0.2, 0) is 11.8 Å². The third-order valence-electron chi connectivity index (χ3n) is 7.67. The van der Waals surface area contributed by atoms with E-state index in [1.807, 2.05) is 39.0 Å². The maximum atomic E-state index is 12.9. The molecule has 1 aliphatic heterocycles. The number of nitrogens with one attached hydrogen (secondary N) is 2. The highest BCUT2D eigenvalue weighted by molar-refractivity contribution is 5.99. The number of likely N-dealkylation sites (tertiary alicyclic amines) is 1. The van der Waals surface area contributed by atoms with Gasteiger partial charge in [0.05, 0.1) is 6.20 Å². The lowest BCUT2D eigenvalue weighted by Gasteiger charge is -2.57. The van der Waals surface area contributed by atoms with Gasteiger partial charge >= 0.3 is 6.03 Å². The molecule has 0 radical (unpaired) electrons. The topological polar surface area (TPSA) is 110 Å². The number of hydrogen-bond donors (Lipinski definition) is 2. The molecule has 2 amide bonds. The second-order valence-electron chi connectivity index (χ2n) is 13.8. The maximum Gasteiger partial charge on any atom is 0.324 e. The Morgan fingerprint density at radius 3 is 2.19 bits per heavy atom. The minimum absolute atomic E-state index is 0.00593. The van der Waals surface area contributed by atoms with Gasteiger partial charge in [-0.2, -0.15) is 0 Å². The number of carbonyl (C=O) groups is 2. The van der Waals surface area contributed by atoms with E-state index in [2.05, 4.69) is 67.2 Å². The molecule has 9 nitrogen and oxygen atoms in total. The Hall–Kier alpha value is -3.72. The lowest BCUT2D eigenvalue weighted by Crippen LogP contribution is -2.64. The Kier molecular flexibility index (Phi) is 8.83. The Balaban J connectivity index is 1.29. The van der Waals surface area contributed by atoms with Gasteiger partial charge in [0, 0.05) is 53.6 Å². The number of pyridine rings is 1. The van der Waals surface area contributed by atoms with E-state index in [1.54, 1.807) is 30.5 Å². The number of piperidine rings is 1. The number of nitrogens with zero attached hydrogens (tertiary/aromatic N) is 3. The zero-order chi connectivity index (χ0) is 30.9. The highest BCUT2D eigenvalue weighted by Crippen LogP contribution is 2.41. The summed E-state index contributed by atoms with van der Waals surface area (Å²) in [6.45, 7) is 19.6. The van der Waals surface area contributed by atoms with E-state index >= 15 is 0 Å². The molecule has 3 aromatic rings. The van der Waals surface area contributed by atoms with Gasteiger partial charge in [0.1, 0.15) is 23.3 Å². The van der Waals surface area contributed by atoms with E-state index < -0.39 is 6.03 Å². The third-order valence-corrected chi connectivity index (χ3v) is 7.67. The summed E-state index contributed by atoms with van der Waals surface area (Å²) in [6, 6.07) is 12.4.